The van der Waals surface area contributed by atoms with Crippen molar-refractivity contribution in [1.29, 1.82) is 0 Å². The minimum absolute atomic E-state index is 0.479. The lowest BCUT2D eigenvalue weighted by atomic mass is 10.1. The van der Waals surface area contributed by atoms with Gasteiger partial charge >= 0.3 is 0 Å². The molecule has 0 radical (unpaired) electrons. The van der Waals surface area contributed by atoms with Crippen LogP contribution in [0.3, 0.4) is 0 Å². The third-order valence-corrected chi connectivity index (χ3v) is 3.97. The first-order valence-corrected chi connectivity index (χ1v) is 6.02. The highest BCUT2D eigenvalue weighted by Crippen LogP contribution is 2.52. The van der Waals surface area contributed by atoms with E-state index in [4.69, 9.17) is 12.2 Å². The number of pyridine rings is 1. The Hall–Kier alpha value is -1.16. The highest BCUT2D eigenvalue weighted by atomic mass is 32.1. The Balaban J connectivity index is 2.03. The summed E-state index contributed by atoms with van der Waals surface area (Å²) in [7, 11) is 0. The quantitative estimate of drug-likeness (QED) is 0.808. The van der Waals surface area contributed by atoms with Crippen LogP contribution in [0, 0.1) is 16.1 Å². The maximum atomic E-state index is 5.34. The largest absolute Gasteiger partial charge is 0.329 e. The van der Waals surface area contributed by atoms with Gasteiger partial charge in [-0.05, 0) is 42.1 Å². The van der Waals surface area contributed by atoms with Crippen LogP contribution >= 0.6 is 12.2 Å². The molecule has 16 heavy (non-hydrogen) atoms. The predicted octanol–water partition coefficient (Wildman–Crippen LogP) is 3.14. The van der Waals surface area contributed by atoms with Gasteiger partial charge in [-0.2, -0.15) is 0 Å². The lowest BCUT2D eigenvalue weighted by Gasteiger charge is -2.05. The minimum Gasteiger partial charge on any atom is -0.329 e. The molecule has 0 amide bonds. The van der Waals surface area contributed by atoms with Crippen LogP contribution < -0.4 is 0 Å². The van der Waals surface area contributed by atoms with Gasteiger partial charge in [0.2, 0.25) is 0 Å². The number of aromatic amines is 1. The van der Waals surface area contributed by atoms with Crippen molar-refractivity contribution in [2.24, 2.45) is 11.3 Å². The van der Waals surface area contributed by atoms with Crippen LogP contribution in [0.5, 0.6) is 0 Å². The molecule has 1 atom stereocenters. The SMILES string of the molecule is CC1(C)CC1Cn1c(=S)[nH]c2cccnc21. The summed E-state index contributed by atoms with van der Waals surface area (Å²) in [6.07, 6.45) is 3.10. The summed E-state index contributed by atoms with van der Waals surface area (Å²) < 4.78 is 2.92. The molecule has 1 aliphatic carbocycles. The third-order valence-electron chi connectivity index (χ3n) is 3.65. The molecule has 0 aliphatic heterocycles. The van der Waals surface area contributed by atoms with Gasteiger partial charge < -0.3 is 9.55 Å². The lowest BCUT2D eigenvalue weighted by molar-refractivity contribution is 0.501. The zero-order chi connectivity index (χ0) is 11.3. The first kappa shape index (κ1) is 10.0. The minimum atomic E-state index is 0.479. The van der Waals surface area contributed by atoms with Crippen LogP contribution in [-0.4, -0.2) is 14.5 Å². The summed E-state index contributed by atoms with van der Waals surface area (Å²) in [6.45, 7) is 5.61. The Morgan fingerprint density at radius 1 is 1.62 bits per heavy atom. The second-order valence-corrected chi connectivity index (χ2v) is 5.69. The van der Waals surface area contributed by atoms with Crippen molar-refractivity contribution in [2.75, 3.05) is 0 Å². The van der Waals surface area contributed by atoms with E-state index in [2.05, 4.69) is 28.4 Å². The van der Waals surface area contributed by atoms with Gasteiger partial charge in [-0.25, -0.2) is 4.98 Å². The topological polar surface area (TPSA) is 33.6 Å². The second-order valence-electron chi connectivity index (χ2n) is 5.30. The summed E-state index contributed by atoms with van der Waals surface area (Å²) in [6, 6.07) is 3.95. The smallest absolute Gasteiger partial charge is 0.179 e. The average Bonchev–Trinajstić information content (AvgIpc) is 2.69. The van der Waals surface area contributed by atoms with Crippen LogP contribution in [0.4, 0.5) is 0 Å². The van der Waals surface area contributed by atoms with Crippen molar-refractivity contribution in [1.82, 2.24) is 14.5 Å². The molecule has 1 fully saturated rings. The summed E-state index contributed by atoms with van der Waals surface area (Å²) in [4.78, 5) is 7.60. The highest BCUT2D eigenvalue weighted by molar-refractivity contribution is 7.71. The van der Waals surface area contributed by atoms with Crippen molar-refractivity contribution >= 4 is 23.4 Å². The van der Waals surface area contributed by atoms with E-state index in [1.54, 1.807) is 0 Å². The van der Waals surface area contributed by atoms with Gasteiger partial charge in [-0.3, -0.25) is 0 Å². The number of H-pyrrole nitrogens is 1. The molecule has 2 aromatic rings. The molecule has 2 heterocycles. The Morgan fingerprint density at radius 2 is 2.38 bits per heavy atom. The summed E-state index contributed by atoms with van der Waals surface area (Å²) in [5.74, 6) is 0.736. The summed E-state index contributed by atoms with van der Waals surface area (Å²) in [5, 5.41) is 0. The van der Waals surface area contributed by atoms with Crippen LogP contribution in [0.25, 0.3) is 11.2 Å². The lowest BCUT2D eigenvalue weighted by Crippen LogP contribution is -2.04. The standard InChI is InChI=1S/C12H15N3S/c1-12(2)6-8(12)7-15-10-9(14-11(15)16)4-3-5-13-10/h3-5,8H,6-7H2,1-2H3,(H,14,16). The molecule has 1 aliphatic rings. The number of hydrogen-bond donors (Lipinski definition) is 1. The van der Waals surface area contributed by atoms with Gasteiger partial charge in [0.25, 0.3) is 0 Å². The molecule has 4 heteroatoms. The van der Waals surface area contributed by atoms with E-state index in [0.717, 1.165) is 28.4 Å². The Bertz CT molecular complexity index is 594. The van der Waals surface area contributed by atoms with Gasteiger partial charge in [0.05, 0.1) is 5.52 Å². The van der Waals surface area contributed by atoms with Gasteiger partial charge in [0.1, 0.15) is 0 Å². The van der Waals surface area contributed by atoms with Gasteiger partial charge in [0.15, 0.2) is 10.4 Å². The van der Waals surface area contributed by atoms with Crippen molar-refractivity contribution in [3.63, 3.8) is 0 Å². The second kappa shape index (κ2) is 3.17. The fourth-order valence-corrected chi connectivity index (χ4v) is 2.54. The number of fused-ring (bicyclic) bond motifs is 1. The number of imidazole rings is 1. The van der Waals surface area contributed by atoms with E-state index in [9.17, 15) is 0 Å². The van der Waals surface area contributed by atoms with Crippen LogP contribution in [0.2, 0.25) is 0 Å². The molecule has 0 saturated heterocycles. The monoisotopic (exact) mass is 233 g/mol. The molecular weight excluding hydrogens is 218 g/mol. The van der Waals surface area contributed by atoms with Crippen molar-refractivity contribution in [3.05, 3.63) is 23.1 Å². The van der Waals surface area contributed by atoms with E-state index < -0.39 is 0 Å². The van der Waals surface area contributed by atoms with E-state index in [1.807, 2.05) is 18.3 Å². The molecular formula is C12H15N3S. The first-order valence-electron chi connectivity index (χ1n) is 5.61. The first-order chi connectivity index (χ1) is 7.58. The summed E-state index contributed by atoms with van der Waals surface area (Å²) >= 11 is 5.34. The van der Waals surface area contributed by atoms with E-state index >= 15 is 0 Å². The number of nitrogens with zero attached hydrogens (tertiary/aromatic N) is 2. The Kier molecular flexibility index (Phi) is 1.98. The molecule has 1 N–H and O–H groups in total. The van der Waals surface area contributed by atoms with Crippen LogP contribution in [0.15, 0.2) is 18.3 Å². The maximum Gasteiger partial charge on any atom is 0.179 e. The zero-order valence-corrected chi connectivity index (χ0v) is 10.3. The van der Waals surface area contributed by atoms with Crippen LogP contribution in [0.1, 0.15) is 20.3 Å². The number of nitrogens with one attached hydrogen (secondary N) is 1. The van der Waals surface area contributed by atoms with E-state index in [-0.39, 0.29) is 0 Å². The summed E-state index contributed by atoms with van der Waals surface area (Å²) in [5.41, 5.74) is 2.49. The molecule has 0 bridgehead atoms. The van der Waals surface area contributed by atoms with Crippen molar-refractivity contribution < 1.29 is 0 Å². The molecule has 0 spiro atoms. The molecule has 1 saturated carbocycles. The number of rotatable bonds is 2. The van der Waals surface area contributed by atoms with Crippen molar-refractivity contribution in [3.8, 4) is 0 Å². The molecule has 84 valence electrons. The third kappa shape index (κ3) is 1.48. The van der Waals surface area contributed by atoms with Crippen molar-refractivity contribution in [2.45, 2.75) is 26.8 Å². The van der Waals surface area contributed by atoms with Gasteiger partial charge in [-0.1, -0.05) is 13.8 Å². The molecule has 3 nitrogen and oxygen atoms in total. The number of aromatic nitrogens is 3. The fourth-order valence-electron chi connectivity index (χ4n) is 2.27. The van der Waals surface area contributed by atoms with Gasteiger partial charge in [0, 0.05) is 12.7 Å². The predicted molar refractivity (Wildman–Crippen MR) is 66.8 cm³/mol. The number of hydrogen-bond acceptors (Lipinski definition) is 2. The highest BCUT2D eigenvalue weighted by Gasteiger charge is 2.45. The van der Waals surface area contributed by atoms with E-state index in [0.29, 0.717) is 5.41 Å². The van der Waals surface area contributed by atoms with Gasteiger partial charge in [-0.15, -0.1) is 0 Å². The Labute approximate surface area is 99.5 Å². The fraction of sp³-hybridized carbons (Fsp3) is 0.500. The maximum absolute atomic E-state index is 5.34. The molecule has 1 unspecified atom stereocenters. The molecule has 0 aromatic carbocycles. The normalized spacial score (nSPS) is 22.5. The Morgan fingerprint density at radius 3 is 3.06 bits per heavy atom. The van der Waals surface area contributed by atoms with Crippen LogP contribution in [-0.2, 0) is 6.54 Å². The molecule has 2 aromatic heterocycles. The average molecular weight is 233 g/mol. The zero-order valence-electron chi connectivity index (χ0n) is 9.53. The molecule has 3 rings (SSSR count). The van der Waals surface area contributed by atoms with E-state index in [1.165, 1.54) is 6.42 Å².